The summed E-state index contributed by atoms with van der Waals surface area (Å²) in [6, 6.07) is 2.80. The van der Waals surface area contributed by atoms with Gasteiger partial charge in [-0.15, -0.1) is 0 Å². The summed E-state index contributed by atoms with van der Waals surface area (Å²) in [5, 5.41) is 9.38. The van der Waals surface area contributed by atoms with Crippen LogP contribution in [0.3, 0.4) is 0 Å². The predicted octanol–water partition coefficient (Wildman–Crippen LogP) is 2.01. The van der Waals surface area contributed by atoms with Gasteiger partial charge < -0.3 is 4.90 Å². The first kappa shape index (κ1) is 14.3. The molecule has 2 saturated heterocycles. The molecule has 4 nitrogen and oxygen atoms in total. The third-order valence-corrected chi connectivity index (χ3v) is 4.94. The Morgan fingerprint density at radius 1 is 1.26 bits per heavy atom. The van der Waals surface area contributed by atoms with E-state index in [1.807, 2.05) is 18.7 Å². The first-order chi connectivity index (χ1) is 9.16. The third-order valence-electron chi connectivity index (χ3n) is 4.94. The van der Waals surface area contributed by atoms with Crippen molar-refractivity contribution < 1.29 is 4.79 Å². The summed E-state index contributed by atoms with van der Waals surface area (Å²) in [7, 11) is 0. The van der Waals surface area contributed by atoms with Gasteiger partial charge in [-0.3, -0.25) is 9.69 Å². The smallest absolute Gasteiger partial charge is 0.243 e. The maximum Gasteiger partial charge on any atom is 0.243 e. The molecule has 2 aliphatic rings. The fourth-order valence-corrected chi connectivity index (χ4v) is 3.39. The van der Waals surface area contributed by atoms with Gasteiger partial charge in [0.1, 0.15) is 5.41 Å². The highest BCUT2D eigenvalue weighted by Gasteiger charge is 2.41. The van der Waals surface area contributed by atoms with Crippen molar-refractivity contribution in [3.05, 3.63) is 0 Å². The van der Waals surface area contributed by atoms with Crippen LogP contribution in [0.5, 0.6) is 0 Å². The molecule has 2 heterocycles. The Morgan fingerprint density at radius 2 is 1.89 bits per heavy atom. The van der Waals surface area contributed by atoms with Gasteiger partial charge in [0.2, 0.25) is 5.91 Å². The van der Waals surface area contributed by atoms with Crippen LogP contribution in [0.4, 0.5) is 0 Å². The van der Waals surface area contributed by atoms with Gasteiger partial charge in [0.25, 0.3) is 0 Å². The minimum Gasteiger partial charge on any atom is -0.340 e. The maximum atomic E-state index is 12.6. The number of nitrogens with zero attached hydrogens (tertiary/aromatic N) is 3. The van der Waals surface area contributed by atoms with E-state index in [0.29, 0.717) is 18.9 Å². The third kappa shape index (κ3) is 2.62. The monoisotopic (exact) mass is 263 g/mol. The number of hydrogen-bond acceptors (Lipinski definition) is 3. The van der Waals surface area contributed by atoms with E-state index >= 15 is 0 Å². The summed E-state index contributed by atoms with van der Waals surface area (Å²) in [4.78, 5) is 17.0. The van der Waals surface area contributed by atoms with Gasteiger partial charge in [0.15, 0.2) is 0 Å². The first-order valence-electron chi connectivity index (χ1n) is 7.61. The molecule has 1 atom stereocenters. The van der Waals surface area contributed by atoms with Crippen molar-refractivity contribution in [2.45, 2.75) is 52.0 Å². The Kier molecular flexibility index (Phi) is 4.46. The summed E-state index contributed by atoms with van der Waals surface area (Å²) < 4.78 is 0. The molecule has 0 spiro atoms. The van der Waals surface area contributed by atoms with Gasteiger partial charge in [0, 0.05) is 19.1 Å². The van der Waals surface area contributed by atoms with Gasteiger partial charge in [-0.25, -0.2) is 0 Å². The molecular formula is C15H25N3O. The van der Waals surface area contributed by atoms with Crippen LogP contribution in [-0.4, -0.2) is 47.9 Å². The van der Waals surface area contributed by atoms with Crippen LogP contribution in [-0.2, 0) is 4.79 Å². The molecule has 0 bridgehead atoms. The van der Waals surface area contributed by atoms with Gasteiger partial charge in [-0.1, -0.05) is 13.8 Å². The SMILES string of the molecule is CCC(C#N)(CC)C(=O)N1CCC(N2CCCC2)C1. The molecule has 2 rings (SSSR count). The largest absolute Gasteiger partial charge is 0.340 e. The Morgan fingerprint density at radius 3 is 2.42 bits per heavy atom. The number of amides is 1. The molecule has 0 radical (unpaired) electrons. The number of hydrogen-bond donors (Lipinski definition) is 0. The zero-order valence-corrected chi connectivity index (χ0v) is 12.2. The van der Waals surface area contributed by atoms with E-state index in [2.05, 4.69) is 11.0 Å². The van der Waals surface area contributed by atoms with Crippen molar-refractivity contribution >= 4 is 5.91 Å². The van der Waals surface area contributed by atoms with E-state index in [1.54, 1.807) is 0 Å². The average molecular weight is 263 g/mol. The quantitative estimate of drug-likeness (QED) is 0.779. The second-order valence-electron chi connectivity index (χ2n) is 5.84. The fraction of sp³-hybridized carbons (Fsp3) is 0.867. The molecule has 1 amide bonds. The molecule has 1 unspecified atom stereocenters. The fourth-order valence-electron chi connectivity index (χ4n) is 3.39. The second kappa shape index (κ2) is 5.92. The number of nitriles is 1. The first-order valence-corrected chi connectivity index (χ1v) is 7.61. The van der Waals surface area contributed by atoms with Crippen molar-refractivity contribution in [1.82, 2.24) is 9.80 Å². The van der Waals surface area contributed by atoms with Crippen LogP contribution < -0.4 is 0 Å². The summed E-state index contributed by atoms with van der Waals surface area (Å²) in [5.74, 6) is 0.0571. The Hall–Kier alpha value is -1.08. The van der Waals surface area contributed by atoms with Gasteiger partial charge >= 0.3 is 0 Å². The number of rotatable bonds is 4. The molecule has 4 heteroatoms. The molecule has 0 aromatic carbocycles. The molecule has 106 valence electrons. The molecule has 19 heavy (non-hydrogen) atoms. The van der Waals surface area contributed by atoms with Crippen LogP contribution in [0.15, 0.2) is 0 Å². The molecule has 0 aromatic heterocycles. The highest BCUT2D eigenvalue weighted by atomic mass is 16.2. The molecule has 0 saturated carbocycles. The highest BCUT2D eigenvalue weighted by Crippen LogP contribution is 2.31. The molecule has 0 N–H and O–H groups in total. The summed E-state index contributed by atoms with van der Waals surface area (Å²) in [5.41, 5.74) is -0.792. The molecule has 2 aliphatic heterocycles. The van der Waals surface area contributed by atoms with Crippen LogP contribution in [0.2, 0.25) is 0 Å². The number of carbonyl (C=O) groups excluding carboxylic acids is 1. The lowest BCUT2D eigenvalue weighted by molar-refractivity contribution is -0.138. The lowest BCUT2D eigenvalue weighted by Crippen LogP contribution is -2.43. The van der Waals surface area contributed by atoms with Crippen molar-refractivity contribution in [3.8, 4) is 6.07 Å². The van der Waals surface area contributed by atoms with Crippen LogP contribution in [0, 0.1) is 16.7 Å². The highest BCUT2D eigenvalue weighted by molar-refractivity contribution is 5.85. The van der Waals surface area contributed by atoms with E-state index in [9.17, 15) is 10.1 Å². The maximum absolute atomic E-state index is 12.6. The van der Waals surface area contributed by atoms with Gasteiger partial charge in [-0.2, -0.15) is 5.26 Å². The summed E-state index contributed by atoms with van der Waals surface area (Å²) >= 11 is 0. The van der Waals surface area contributed by atoms with E-state index < -0.39 is 5.41 Å². The molecule has 0 aliphatic carbocycles. The zero-order valence-electron chi connectivity index (χ0n) is 12.2. The lowest BCUT2D eigenvalue weighted by Gasteiger charge is -2.29. The molecule has 0 aromatic rings. The number of likely N-dealkylation sites (tertiary alicyclic amines) is 2. The second-order valence-corrected chi connectivity index (χ2v) is 5.84. The van der Waals surface area contributed by atoms with E-state index in [1.165, 1.54) is 25.9 Å². The summed E-state index contributed by atoms with van der Waals surface area (Å²) in [6.07, 6.45) is 4.88. The topological polar surface area (TPSA) is 47.3 Å². The zero-order chi connectivity index (χ0) is 13.9. The standard InChI is InChI=1S/C15H25N3O/c1-3-15(4-2,12-16)14(19)18-10-7-13(11-18)17-8-5-6-9-17/h13H,3-11H2,1-2H3. The Bertz CT molecular complexity index is 364. The minimum atomic E-state index is -0.792. The Labute approximate surface area is 116 Å². The van der Waals surface area contributed by atoms with Crippen molar-refractivity contribution in [2.24, 2.45) is 5.41 Å². The minimum absolute atomic E-state index is 0.0571. The van der Waals surface area contributed by atoms with Crippen LogP contribution in [0.1, 0.15) is 46.0 Å². The van der Waals surface area contributed by atoms with Gasteiger partial charge in [-0.05, 0) is 45.2 Å². The summed E-state index contributed by atoms with van der Waals surface area (Å²) in [6.45, 7) is 7.89. The lowest BCUT2D eigenvalue weighted by atomic mass is 9.82. The molecular weight excluding hydrogens is 238 g/mol. The van der Waals surface area contributed by atoms with Crippen LogP contribution >= 0.6 is 0 Å². The van der Waals surface area contributed by atoms with E-state index in [-0.39, 0.29) is 5.91 Å². The normalized spacial score (nSPS) is 24.7. The van der Waals surface area contributed by atoms with Crippen LogP contribution in [0.25, 0.3) is 0 Å². The van der Waals surface area contributed by atoms with Gasteiger partial charge in [0.05, 0.1) is 6.07 Å². The Balaban J connectivity index is 2.00. The molecule has 2 fully saturated rings. The average Bonchev–Trinajstić information content (AvgIpc) is 3.12. The number of carbonyl (C=O) groups is 1. The van der Waals surface area contributed by atoms with Crippen molar-refractivity contribution in [2.75, 3.05) is 26.2 Å². The van der Waals surface area contributed by atoms with Crippen molar-refractivity contribution in [1.29, 1.82) is 5.26 Å². The van der Waals surface area contributed by atoms with E-state index in [0.717, 1.165) is 19.5 Å². The van der Waals surface area contributed by atoms with E-state index in [4.69, 9.17) is 0 Å². The van der Waals surface area contributed by atoms with Crippen molar-refractivity contribution in [3.63, 3.8) is 0 Å². The predicted molar refractivity (Wildman–Crippen MR) is 74.4 cm³/mol.